The van der Waals surface area contributed by atoms with Gasteiger partial charge in [0.15, 0.2) is 5.75 Å². The molecule has 0 aromatic heterocycles. The van der Waals surface area contributed by atoms with E-state index in [0.29, 0.717) is 12.0 Å². The van der Waals surface area contributed by atoms with Crippen LogP contribution in [-0.4, -0.2) is 30.4 Å². The zero-order chi connectivity index (χ0) is 19.5. The third kappa shape index (κ3) is 3.53. The van der Waals surface area contributed by atoms with Gasteiger partial charge in [-0.3, -0.25) is 4.55 Å². The van der Waals surface area contributed by atoms with Crippen LogP contribution in [0.25, 0.3) is 10.8 Å². The second-order valence-corrected chi connectivity index (χ2v) is 6.51. The predicted molar refractivity (Wildman–Crippen MR) is 85.7 cm³/mol. The zero-order valence-electron chi connectivity index (χ0n) is 13.3. The van der Waals surface area contributed by atoms with Gasteiger partial charge in [0.05, 0.1) is 22.6 Å². The van der Waals surface area contributed by atoms with Crippen LogP contribution in [0.15, 0.2) is 37.3 Å². The SMILES string of the molecule is [2H]N=Nc1cc2c(O)c(N=NC)c(SOOO)cc2c(S(=O)(=O)O)c1N. The molecule has 0 unspecified atom stereocenters. The number of benzene rings is 2. The topological polar surface area (TPSA) is 200 Å². The molecule has 0 atom stereocenters. The van der Waals surface area contributed by atoms with E-state index in [9.17, 15) is 18.1 Å². The number of hydrogen-bond donors (Lipinski definition) is 5. The number of anilines is 1. The maximum Gasteiger partial charge on any atom is 0.297 e. The molecule has 6 N–H and O–H groups in total. The molecule has 14 heteroatoms. The summed E-state index contributed by atoms with van der Waals surface area (Å²) in [6.45, 7) is 0. The Hall–Kier alpha value is -2.36. The fourth-order valence-electron chi connectivity index (χ4n) is 2.13. The van der Waals surface area contributed by atoms with Gasteiger partial charge in [0.25, 0.3) is 10.1 Å². The summed E-state index contributed by atoms with van der Waals surface area (Å²) in [7, 11) is -3.55. The molecule has 0 bridgehead atoms. The van der Waals surface area contributed by atoms with Crippen LogP contribution in [0.1, 0.15) is 0 Å². The minimum atomic E-state index is -4.86. The first-order valence-corrected chi connectivity index (χ1v) is 8.33. The van der Waals surface area contributed by atoms with E-state index in [4.69, 9.17) is 12.4 Å². The van der Waals surface area contributed by atoms with Crippen LogP contribution in [0.3, 0.4) is 0 Å². The van der Waals surface area contributed by atoms with Crippen molar-refractivity contribution in [2.75, 3.05) is 12.8 Å². The molecule has 2 rings (SSSR count). The molecule has 25 heavy (non-hydrogen) atoms. The third-order valence-electron chi connectivity index (χ3n) is 3.04. The van der Waals surface area contributed by atoms with E-state index in [2.05, 4.69) is 30.2 Å². The van der Waals surface area contributed by atoms with E-state index in [1.54, 1.807) is 0 Å². The average molecular weight is 390 g/mol. The molecule has 0 heterocycles. The fourth-order valence-corrected chi connectivity index (χ4v) is 3.45. The van der Waals surface area contributed by atoms with Gasteiger partial charge in [-0.15, -0.1) is 4.33 Å². The highest BCUT2D eigenvalue weighted by Crippen LogP contribution is 2.48. The highest BCUT2D eigenvalue weighted by atomic mass is 32.2. The number of phenols is 1. The number of nitrogen functional groups attached to an aromatic ring is 1. The summed E-state index contributed by atoms with van der Waals surface area (Å²) in [6.07, 6.45) is 0. The molecule has 0 fully saturated rings. The van der Waals surface area contributed by atoms with Crippen molar-refractivity contribution in [3.63, 3.8) is 0 Å². The Morgan fingerprint density at radius 3 is 2.68 bits per heavy atom. The monoisotopic (exact) mass is 390 g/mol. The molecule has 0 aliphatic rings. The van der Waals surface area contributed by atoms with Crippen molar-refractivity contribution < 1.29 is 34.1 Å². The minimum absolute atomic E-state index is 0.0196. The highest BCUT2D eigenvalue weighted by molar-refractivity contribution is 7.94. The van der Waals surface area contributed by atoms with E-state index in [1.165, 1.54) is 7.05 Å². The molecule has 0 saturated carbocycles. The number of aromatic hydroxyl groups is 1. The van der Waals surface area contributed by atoms with Crippen LogP contribution < -0.4 is 5.73 Å². The summed E-state index contributed by atoms with van der Waals surface area (Å²) in [4.78, 5) is -0.784. The molecule has 0 amide bonds. The van der Waals surface area contributed by atoms with Gasteiger partial charge < -0.3 is 10.8 Å². The Labute approximate surface area is 146 Å². The van der Waals surface area contributed by atoms with Gasteiger partial charge in [-0.25, -0.2) is 10.8 Å². The van der Waals surface area contributed by atoms with Crippen LogP contribution in [0, 0.1) is 5.52 Å². The third-order valence-corrected chi connectivity index (χ3v) is 4.62. The van der Waals surface area contributed by atoms with Crippen molar-refractivity contribution in [1.82, 2.24) is 0 Å². The largest absolute Gasteiger partial charge is 0.505 e. The molecule has 0 aliphatic heterocycles. The van der Waals surface area contributed by atoms with Crippen molar-refractivity contribution in [2.45, 2.75) is 9.79 Å². The standard InChI is InChI=1S/C11H11N5O7S2/c1-14-16-9-7(24-23-22-18)3-5-4(10(9)17)2-6(15-13)8(12)11(5)25(19,20)21/h2-3,13,17-18H,12H2,1H3,(H,19,20,21)/i/hD. The van der Waals surface area contributed by atoms with Crippen LogP contribution >= 0.6 is 12.0 Å². The molecule has 2 aromatic carbocycles. The van der Waals surface area contributed by atoms with Crippen LogP contribution in [0.5, 0.6) is 5.75 Å². The van der Waals surface area contributed by atoms with Crippen LogP contribution in [-0.2, 0) is 19.5 Å². The smallest absolute Gasteiger partial charge is 0.297 e. The zero-order valence-corrected chi connectivity index (χ0v) is 13.9. The molecular formula is C11H11N5O7S2. The van der Waals surface area contributed by atoms with Crippen molar-refractivity contribution in [1.29, 1.82) is 5.52 Å². The lowest BCUT2D eigenvalue weighted by molar-refractivity contribution is -0.432. The maximum atomic E-state index is 11.8. The average Bonchev–Trinajstić information content (AvgIpc) is 2.56. The summed E-state index contributed by atoms with van der Waals surface area (Å²) in [6, 6.07) is 2.31. The number of nitrogens with two attached hydrogens (primary N) is 1. The van der Waals surface area contributed by atoms with Gasteiger partial charge >= 0.3 is 0 Å². The first-order valence-electron chi connectivity index (χ1n) is 6.60. The van der Waals surface area contributed by atoms with E-state index in [0.717, 1.165) is 12.1 Å². The van der Waals surface area contributed by atoms with Crippen LogP contribution in [0.2, 0.25) is 1.41 Å². The number of rotatable bonds is 6. The van der Waals surface area contributed by atoms with Crippen molar-refractivity contribution in [3.05, 3.63) is 12.1 Å². The van der Waals surface area contributed by atoms with Gasteiger partial charge in [-0.2, -0.15) is 23.8 Å². The number of azo groups is 1. The molecule has 12 nitrogen and oxygen atoms in total. The van der Waals surface area contributed by atoms with Gasteiger partial charge in [0.1, 0.15) is 16.3 Å². The first kappa shape index (κ1) is 17.5. The second kappa shape index (κ2) is 7.26. The quantitative estimate of drug-likeness (QED) is 0.123. The molecule has 134 valence electrons. The van der Waals surface area contributed by atoms with Gasteiger partial charge in [0.2, 0.25) is 1.41 Å². The number of nitrogens with zero attached hydrogens (tertiary/aromatic N) is 3. The van der Waals surface area contributed by atoms with Crippen molar-refractivity contribution in [3.8, 4) is 5.75 Å². The van der Waals surface area contributed by atoms with Gasteiger partial charge in [-0.1, -0.05) is 5.04 Å². The molecule has 0 aliphatic carbocycles. The van der Waals surface area contributed by atoms with Gasteiger partial charge in [-0.05, 0) is 12.1 Å². The minimum Gasteiger partial charge on any atom is -0.505 e. The molecule has 2 aromatic rings. The van der Waals surface area contributed by atoms with E-state index < -0.39 is 26.5 Å². The lowest BCUT2D eigenvalue weighted by Gasteiger charge is -2.14. The lowest BCUT2D eigenvalue weighted by atomic mass is 10.1. The van der Waals surface area contributed by atoms with E-state index in [-0.39, 0.29) is 27.0 Å². The fraction of sp³-hybridized carbons (Fsp3) is 0.0909. The lowest BCUT2D eigenvalue weighted by Crippen LogP contribution is -2.05. The van der Waals surface area contributed by atoms with Crippen molar-refractivity contribution in [2.24, 2.45) is 15.3 Å². The summed E-state index contributed by atoms with van der Waals surface area (Å²) in [5.41, 5.74) is 7.57. The Kier molecular flexibility index (Phi) is 5.07. The molecule has 0 saturated heterocycles. The van der Waals surface area contributed by atoms with E-state index >= 15 is 0 Å². The Morgan fingerprint density at radius 1 is 1.40 bits per heavy atom. The summed E-state index contributed by atoms with van der Waals surface area (Å²) in [5, 5.41) is 32.5. The highest BCUT2D eigenvalue weighted by Gasteiger charge is 2.25. The summed E-state index contributed by atoms with van der Waals surface area (Å²) < 4.78 is 44.2. The molecule has 0 radical (unpaired) electrons. The Balaban J connectivity index is 3.03. The molecule has 0 spiro atoms. The molecular weight excluding hydrogens is 378 g/mol. The number of phenolic OH excluding ortho intramolecular Hbond substituents is 1. The summed E-state index contributed by atoms with van der Waals surface area (Å²) >= 11 is 0.380. The Morgan fingerprint density at radius 2 is 2.12 bits per heavy atom. The van der Waals surface area contributed by atoms with E-state index in [1.807, 2.05) is 0 Å². The Bertz CT molecular complexity index is 1010. The van der Waals surface area contributed by atoms with Crippen LogP contribution in [0.4, 0.5) is 17.1 Å². The number of hydrogen-bond acceptors (Lipinski definition) is 12. The first-order chi connectivity index (χ1) is 12.3. The maximum absolute atomic E-state index is 11.8. The summed E-state index contributed by atoms with van der Waals surface area (Å²) in [5.74, 6) is -0.552. The van der Waals surface area contributed by atoms with Crippen molar-refractivity contribution >= 4 is 50.0 Å². The second-order valence-electron chi connectivity index (χ2n) is 4.41. The predicted octanol–water partition coefficient (Wildman–Crippen LogP) is 3.18. The normalized spacial score (nSPS) is 13.2. The number of nitrogens with one attached hydrogen (secondary N) is 1. The van der Waals surface area contributed by atoms with Gasteiger partial charge in [0, 0.05) is 17.8 Å². The number of fused-ring (bicyclic) bond motifs is 1.